The molecule has 2 rings (SSSR count). The topological polar surface area (TPSA) is 89.6 Å². The lowest BCUT2D eigenvalue weighted by Crippen LogP contribution is -2.42. The van der Waals surface area contributed by atoms with Gasteiger partial charge in [0.15, 0.2) is 5.89 Å². The molecule has 3 unspecified atom stereocenters. The molecule has 0 saturated heterocycles. The summed E-state index contributed by atoms with van der Waals surface area (Å²) in [4.78, 5) is 28.6. The van der Waals surface area contributed by atoms with Crippen molar-refractivity contribution < 1.29 is 23.8 Å². The van der Waals surface area contributed by atoms with Gasteiger partial charge in [-0.15, -0.1) is 0 Å². The quantitative estimate of drug-likeness (QED) is 0.530. The minimum atomic E-state index is -1.03. The first-order valence-electron chi connectivity index (χ1n) is 11.7. The van der Waals surface area contributed by atoms with E-state index in [1.54, 1.807) is 20.1 Å². The Morgan fingerprint density at radius 2 is 1.91 bits per heavy atom. The molecular formula is C27H41NO5. The number of cyclic esters (lactones) is 1. The van der Waals surface area contributed by atoms with Crippen molar-refractivity contribution >= 4 is 17.8 Å². The summed E-state index contributed by atoms with van der Waals surface area (Å²) in [6.45, 7) is 13.5. The number of hydrogen-bond acceptors (Lipinski definition) is 6. The van der Waals surface area contributed by atoms with E-state index in [2.05, 4.69) is 24.1 Å². The van der Waals surface area contributed by atoms with Crippen LogP contribution in [0.25, 0.3) is 6.08 Å². The number of hydrogen-bond donors (Lipinski definition) is 1. The summed E-state index contributed by atoms with van der Waals surface area (Å²) < 4.78 is 10.1. The zero-order valence-electron chi connectivity index (χ0n) is 21.3. The lowest BCUT2D eigenvalue weighted by atomic mass is 9.74. The first-order chi connectivity index (χ1) is 15.5. The molecule has 6 heteroatoms. The molecule has 33 heavy (non-hydrogen) atoms. The van der Waals surface area contributed by atoms with Crippen LogP contribution in [0.15, 0.2) is 40.6 Å². The Kier molecular flexibility index (Phi) is 12.1. The maximum Gasteiger partial charge on any atom is 0.308 e. The second-order valence-corrected chi connectivity index (χ2v) is 9.43. The van der Waals surface area contributed by atoms with Gasteiger partial charge in [-0.2, -0.15) is 0 Å². The van der Waals surface area contributed by atoms with E-state index in [0.717, 1.165) is 24.1 Å². The second-order valence-electron chi connectivity index (χ2n) is 9.43. The second kappa shape index (κ2) is 13.9. The van der Waals surface area contributed by atoms with Crippen molar-refractivity contribution in [3.8, 4) is 0 Å². The number of aromatic nitrogens is 1. The highest BCUT2D eigenvalue weighted by molar-refractivity contribution is 5.87. The van der Waals surface area contributed by atoms with Crippen LogP contribution in [0.3, 0.4) is 0 Å². The van der Waals surface area contributed by atoms with E-state index in [1.165, 1.54) is 0 Å². The van der Waals surface area contributed by atoms with Gasteiger partial charge in [-0.05, 0) is 38.7 Å². The van der Waals surface area contributed by atoms with Crippen LogP contribution >= 0.6 is 0 Å². The number of allylic oxidation sites excluding steroid dienone is 4. The third kappa shape index (κ3) is 10.3. The number of Topliss-reactive ketones (excluding diaryl/α,β-unsaturated/α-hetero) is 1. The number of aryl methyl sites for hydroxylation is 1. The fourth-order valence-electron chi connectivity index (χ4n) is 3.72. The van der Waals surface area contributed by atoms with Gasteiger partial charge in [0.1, 0.15) is 17.7 Å². The van der Waals surface area contributed by atoms with Crippen LogP contribution in [0.1, 0.15) is 78.8 Å². The molecule has 0 aromatic carbocycles. The molecule has 184 valence electrons. The van der Waals surface area contributed by atoms with Gasteiger partial charge in [0.05, 0.1) is 24.5 Å². The first kappa shape index (κ1) is 28.6. The Bertz CT molecular complexity index is 846. The minimum Gasteiger partial charge on any atom is -0.465 e. The highest BCUT2D eigenvalue weighted by atomic mass is 16.5. The molecule has 0 aliphatic carbocycles. The first-order valence-corrected chi connectivity index (χ1v) is 11.7. The number of aliphatic hydroxyl groups is 1. The summed E-state index contributed by atoms with van der Waals surface area (Å²) in [5, 5.41) is 10.4. The van der Waals surface area contributed by atoms with Crippen LogP contribution in [0, 0.1) is 24.2 Å². The van der Waals surface area contributed by atoms with Crippen LogP contribution < -0.4 is 0 Å². The van der Waals surface area contributed by atoms with E-state index < -0.39 is 17.5 Å². The maximum absolute atomic E-state index is 12.7. The van der Waals surface area contributed by atoms with Crippen molar-refractivity contribution in [3.05, 3.63) is 47.7 Å². The Morgan fingerprint density at radius 1 is 1.21 bits per heavy atom. The lowest BCUT2D eigenvalue weighted by Gasteiger charge is -2.32. The minimum absolute atomic E-state index is 0.00167. The summed E-state index contributed by atoms with van der Waals surface area (Å²) >= 11 is 0. The Labute approximate surface area is 198 Å². The monoisotopic (exact) mass is 459 g/mol. The van der Waals surface area contributed by atoms with Gasteiger partial charge >= 0.3 is 5.97 Å². The molecule has 0 saturated carbocycles. The molecule has 1 aromatic heterocycles. The third-order valence-electron chi connectivity index (χ3n) is 5.77. The molecule has 6 nitrogen and oxygen atoms in total. The Balaban J connectivity index is 0.000000502. The predicted molar refractivity (Wildman–Crippen MR) is 131 cm³/mol. The van der Waals surface area contributed by atoms with Crippen LogP contribution in [0.5, 0.6) is 0 Å². The van der Waals surface area contributed by atoms with Gasteiger partial charge < -0.3 is 14.3 Å². The van der Waals surface area contributed by atoms with Crippen molar-refractivity contribution in [2.45, 2.75) is 80.3 Å². The molecule has 0 bridgehead atoms. The number of carbonyl (C=O) groups excluding carboxylic acids is 2. The largest absolute Gasteiger partial charge is 0.465 e. The lowest BCUT2D eigenvalue weighted by molar-refractivity contribution is -0.150. The highest BCUT2D eigenvalue weighted by Gasteiger charge is 2.39. The molecular weight excluding hydrogens is 418 g/mol. The van der Waals surface area contributed by atoms with Crippen molar-refractivity contribution in [2.75, 3.05) is 6.61 Å². The van der Waals surface area contributed by atoms with Gasteiger partial charge in [-0.25, -0.2) is 4.98 Å². The normalized spacial score (nSPS) is 27.8. The van der Waals surface area contributed by atoms with Crippen LogP contribution in [0.4, 0.5) is 0 Å². The van der Waals surface area contributed by atoms with E-state index in [0.29, 0.717) is 18.2 Å². The molecule has 0 spiro atoms. The molecule has 1 N–H and O–H groups in total. The summed E-state index contributed by atoms with van der Waals surface area (Å²) in [7, 11) is 0. The third-order valence-corrected chi connectivity index (χ3v) is 5.77. The highest BCUT2D eigenvalue weighted by Crippen LogP contribution is 2.31. The van der Waals surface area contributed by atoms with Gasteiger partial charge in [-0.1, -0.05) is 57.6 Å². The van der Waals surface area contributed by atoms with Crippen molar-refractivity contribution in [2.24, 2.45) is 17.3 Å². The number of aliphatic hydroxyl groups excluding tert-OH is 1. The van der Waals surface area contributed by atoms with Gasteiger partial charge in [0.2, 0.25) is 0 Å². The summed E-state index contributed by atoms with van der Waals surface area (Å²) in [6.07, 6.45) is 12.9. The van der Waals surface area contributed by atoms with E-state index in [1.807, 2.05) is 45.9 Å². The SMILES string of the molecule is C/C=C\c1coc(C)n1.CC1=C/CCOC(=O)CC(O)C(C)(C)C(=O)C(C)CC(C)C\C=C\1. The molecule has 0 amide bonds. The average molecular weight is 460 g/mol. The van der Waals surface area contributed by atoms with Crippen LogP contribution in [-0.4, -0.2) is 34.6 Å². The zero-order valence-corrected chi connectivity index (χ0v) is 21.3. The molecule has 0 fully saturated rings. The molecule has 3 atom stereocenters. The number of rotatable bonds is 1. The summed E-state index contributed by atoms with van der Waals surface area (Å²) in [5.74, 6) is 0.486. The summed E-state index contributed by atoms with van der Waals surface area (Å²) in [6, 6.07) is 0. The van der Waals surface area contributed by atoms with Gasteiger partial charge in [0.25, 0.3) is 0 Å². The fraction of sp³-hybridized carbons (Fsp3) is 0.593. The van der Waals surface area contributed by atoms with Crippen molar-refractivity contribution in [3.63, 3.8) is 0 Å². The van der Waals surface area contributed by atoms with E-state index in [4.69, 9.17) is 9.15 Å². The van der Waals surface area contributed by atoms with Crippen LogP contribution in [0.2, 0.25) is 0 Å². The molecule has 0 radical (unpaired) electrons. The Morgan fingerprint density at radius 3 is 2.52 bits per heavy atom. The maximum atomic E-state index is 12.7. The zero-order chi connectivity index (χ0) is 25.0. The number of esters is 1. The molecule has 1 aromatic rings. The number of oxazole rings is 1. The Hall–Kier alpha value is -2.47. The summed E-state index contributed by atoms with van der Waals surface area (Å²) in [5.41, 5.74) is 1.06. The average Bonchev–Trinajstić information content (AvgIpc) is 3.15. The predicted octanol–water partition coefficient (Wildman–Crippen LogP) is 5.85. The number of ether oxygens (including phenoxy) is 1. The standard InChI is InChI=1S/C20H32O4.C7H9NO/c1-14-8-6-9-15(2)12-16(3)19(23)20(4,5)17(21)13-18(22)24-11-7-10-14;1-3-4-7-5-9-6(2)8-7/h6,8,10,15-17,21H,7,9,11-13H2,1-5H3;3-5H,1-2H3/b8-6+,14-10-;4-3-. The van der Waals surface area contributed by atoms with Gasteiger partial charge in [-0.3, -0.25) is 9.59 Å². The molecule has 2 heterocycles. The number of carbonyl (C=O) groups is 2. The van der Waals surface area contributed by atoms with Crippen molar-refractivity contribution in [1.29, 1.82) is 0 Å². The number of nitrogens with zero attached hydrogens (tertiary/aromatic N) is 1. The van der Waals surface area contributed by atoms with Gasteiger partial charge in [0, 0.05) is 19.3 Å². The molecule has 1 aliphatic heterocycles. The van der Waals surface area contributed by atoms with E-state index in [9.17, 15) is 14.7 Å². The number of ketones is 1. The van der Waals surface area contributed by atoms with Crippen LogP contribution in [-0.2, 0) is 14.3 Å². The van der Waals surface area contributed by atoms with E-state index in [-0.39, 0.29) is 24.7 Å². The van der Waals surface area contributed by atoms with Crippen molar-refractivity contribution in [1.82, 2.24) is 4.98 Å². The molecule has 1 aliphatic rings. The van der Waals surface area contributed by atoms with E-state index >= 15 is 0 Å². The fourth-order valence-corrected chi connectivity index (χ4v) is 3.72. The smallest absolute Gasteiger partial charge is 0.308 e.